The minimum atomic E-state index is -4.66. The molecule has 0 saturated heterocycles. The second-order valence-electron chi connectivity index (χ2n) is 3.15. The molecular formula is C8H4F3N3O3. The molecule has 0 aliphatic rings. The lowest BCUT2D eigenvalue weighted by Gasteiger charge is -2.00. The average molecular weight is 247 g/mol. The van der Waals surface area contributed by atoms with Gasteiger partial charge in [0, 0.05) is 12.1 Å². The molecule has 0 saturated carbocycles. The number of carboxylic acid groups (broad SMARTS) is 1. The minimum absolute atomic E-state index is 0.401. The van der Waals surface area contributed by atoms with E-state index in [-0.39, 0.29) is 0 Å². The molecule has 6 nitrogen and oxygen atoms in total. The van der Waals surface area contributed by atoms with Gasteiger partial charge in [-0.2, -0.15) is 13.2 Å². The summed E-state index contributed by atoms with van der Waals surface area (Å²) in [6.45, 7) is 0. The van der Waals surface area contributed by atoms with E-state index in [0.717, 1.165) is 0 Å². The van der Waals surface area contributed by atoms with Crippen molar-refractivity contribution in [2.75, 3.05) is 0 Å². The van der Waals surface area contributed by atoms with Gasteiger partial charge in [0.2, 0.25) is 0 Å². The number of halogens is 3. The van der Waals surface area contributed by atoms with Crippen molar-refractivity contribution < 1.29 is 23.1 Å². The lowest BCUT2D eigenvalue weighted by atomic mass is 10.4. The highest BCUT2D eigenvalue weighted by Crippen LogP contribution is 2.27. The molecule has 2 aromatic rings. The summed E-state index contributed by atoms with van der Waals surface area (Å²) in [5.41, 5.74) is -3.11. The normalized spacial score (nSPS) is 11.9. The van der Waals surface area contributed by atoms with Crippen molar-refractivity contribution in [3.63, 3.8) is 0 Å². The Morgan fingerprint density at radius 2 is 2.06 bits per heavy atom. The molecule has 0 aromatic carbocycles. The average Bonchev–Trinajstić information content (AvgIpc) is 2.60. The summed E-state index contributed by atoms with van der Waals surface area (Å²) in [4.78, 5) is 25.3. The van der Waals surface area contributed by atoms with Crippen LogP contribution in [0.15, 0.2) is 16.9 Å². The molecule has 2 aromatic heterocycles. The molecule has 2 N–H and O–H groups in total. The summed E-state index contributed by atoms with van der Waals surface area (Å²) in [6.07, 6.45) is -4.66. The maximum Gasteiger partial charge on any atom is 0.432 e. The summed E-state index contributed by atoms with van der Waals surface area (Å²) in [6, 6.07) is 1.19. The van der Waals surface area contributed by atoms with Gasteiger partial charge >= 0.3 is 12.1 Å². The fraction of sp³-hybridized carbons (Fsp3) is 0.125. The van der Waals surface area contributed by atoms with Crippen molar-refractivity contribution in [3.05, 3.63) is 33.9 Å². The van der Waals surface area contributed by atoms with Crippen molar-refractivity contribution in [1.29, 1.82) is 0 Å². The van der Waals surface area contributed by atoms with E-state index < -0.39 is 34.7 Å². The lowest BCUT2D eigenvalue weighted by Crippen LogP contribution is -2.18. The van der Waals surface area contributed by atoms with Crippen LogP contribution in [0, 0.1) is 0 Å². The zero-order valence-electron chi connectivity index (χ0n) is 7.95. The van der Waals surface area contributed by atoms with Crippen LogP contribution in [0.25, 0.3) is 5.65 Å². The predicted octanol–water partition coefficient (Wildman–Crippen LogP) is 0.740. The number of carboxylic acids is 1. The van der Waals surface area contributed by atoms with Gasteiger partial charge in [-0.05, 0) is 0 Å². The molecule has 0 aliphatic heterocycles. The summed E-state index contributed by atoms with van der Waals surface area (Å²) < 4.78 is 37.5. The van der Waals surface area contributed by atoms with Gasteiger partial charge in [0.05, 0.1) is 0 Å². The first-order valence-corrected chi connectivity index (χ1v) is 4.22. The Labute approximate surface area is 90.3 Å². The van der Waals surface area contributed by atoms with Crippen LogP contribution in [0.4, 0.5) is 13.2 Å². The summed E-state index contributed by atoms with van der Waals surface area (Å²) in [7, 11) is 0. The van der Waals surface area contributed by atoms with Crippen LogP contribution in [0.1, 0.15) is 16.2 Å². The highest BCUT2D eigenvalue weighted by molar-refractivity contribution is 5.85. The number of fused-ring (bicyclic) bond motifs is 1. The molecule has 0 radical (unpaired) electrons. The van der Waals surface area contributed by atoms with Crippen LogP contribution in [-0.2, 0) is 6.18 Å². The Bertz CT molecular complexity index is 655. The number of aromatic nitrogens is 3. The molecule has 0 bridgehead atoms. The van der Waals surface area contributed by atoms with E-state index in [9.17, 15) is 22.8 Å². The zero-order valence-corrected chi connectivity index (χ0v) is 7.95. The number of aromatic amines is 1. The fourth-order valence-corrected chi connectivity index (χ4v) is 1.25. The second-order valence-corrected chi connectivity index (χ2v) is 3.15. The Morgan fingerprint density at radius 3 is 2.59 bits per heavy atom. The first kappa shape index (κ1) is 11.2. The standard InChI is InChI=1S/C8H4F3N3O3/c9-8(10,11)4-2-5-12-3(7(16)17)1-6(15)14(5)13-4/h1-2,13H,(H,16,17). The monoisotopic (exact) mass is 247 g/mol. The topological polar surface area (TPSA) is 87.5 Å². The molecule has 9 heteroatoms. The van der Waals surface area contributed by atoms with Gasteiger partial charge in [0.1, 0.15) is 5.69 Å². The number of hydrogen-bond donors (Lipinski definition) is 2. The maximum atomic E-state index is 12.3. The third kappa shape index (κ3) is 1.86. The number of carbonyl (C=O) groups is 1. The zero-order chi connectivity index (χ0) is 12.8. The van der Waals surface area contributed by atoms with Crippen LogP contribution >= 0.6 is 0 Å². The van der Waals surface area contributed by atoms with Gasteiger partial charge in [-0.1, -0.05) is 0 Å². The number of H-pyrrole nitrogens is 1. The molecule has 2 heterocycles. The van der Waals surface area contributed by atoms with E-state index >= 15 is 0 Å². The molecule has 0 amide bonds. The van der Waals surface area contributed by atoms with Crippen molar-refractivity contribution in [2.45, 2.75) is 6.18 Å². The Morgan fingerprint density at radius 1 is 1.41 bits per heavy atom. The van der Waals surface area contributed by atoms with Crippen molar-refractivity contribution >= 4 is 11.6 Å². The SMILES string of the molecule is O=C(O)c1cc(=O)n2[nH]c(C(F)(F)F)cc2n1. The molecule has 0 aliphatic carbocycles. The van der Waals surface area contributed by atoms with Crippen LogP contribution in [0.2, 0.25) is 0 Å². The van der Waals surface area contributed by atoms with Crippen molar-refractivity contribution in [2.24, 2.45) is 0 Å². The Balaban J connectivity index is 2.74. The van der Waals surface area contributed by atoms with Crippen LogP contribution in [0.3, 0.4) is 0 Å². The third-order valence-electron chi connectivity index (χ3n) is 1.97. The number of aromatic carboxylic acids is 1. The van der Waals surface area contributed by atoms with E-state index in [1.54, 1.807) is 5.10 Å². The van der Waals surface area contributed by atoms with Gasteiger partial charge in [-0.3, -0.25) is 9.89 Å². The van der Waals surface area contributed by atoms with E-state index in [0.29, 0.717) is 16.6 Å². The van der Waals surface area contributed by atoms with Gasteiger partial charge in [0.15, 0.2) is 11.3 Å². The molecule has 0 fully saturated rings. The molecule has 0 unspecified atom stereocenters. The van der Waals surface area contributed by atoms with Gasteiger partial charge in [0.25, 0.3) is 5.56 Å². The molecule has 90 valence electrons. The van der Waals surface area contributed by atoms with Crippen molar-refractivity contribution in [1.82, 2.24) is 14.6 Å². The van der Waals surface area contributed by atoms with E-state index in [4.69, 9.17) is 5.11 Å². The third-order valence-corrected chi connectivity index (χ3v) is 1.97. The first-order chi connectivity index (χ1) is 7.79. The van der Waals surface area contributed by atoms with E-state index in [1.807, 2.05) is 0 Å². The second kappa shape index (κ2) is 3.34. The largest absolute Gasteiger partial charge is 0.477 e. The molecule has 17 heavy (non-hydrogen) atoms. The van der Waals surface area contributed by atoms with E-state index in [1.165, 1.54) is 0 Å². The summed E-state index contributed by atoms with van der Waals surface area (Å²) >= 11 is 0. The molecule has 0 atom stereocenters. The number of rotatable bonds is 1. The lowest BCUT2D eigenvalue weighted by molar-refractivity contribution is -0.141. The summed E-state index contributed by atoms with van der Waals surface area (Å²) in [5, 5.41) is 10.4. The highest BCUT2D eigenvalue weighted by atomic mass is 19.4. The fourth-order valence-electron chi connectivity index (χ4n) is 1.25. The predicted molar refractivity (Wildman–Crippen MR) is 47.8 cm³/mol. The van der Waals surface area contributed by atoms with Gasteiger partial charge in [-0.15, -0.1) is 0 Å². The number of nitrogens with zero attached hydrogens (tertiary/aromatic N) is 2. The highest BCUT2D eigenvalue weighted by Gasteiger charge is 2.33. The first-order valence-electron chi connectivity index (χ1n) is 4.22. The Kier molecular flexibility index (Phi) is 2.19. The van der Waals surface area contributed by atoms with Crippen LogP contribution in [0.5, 0.6) is 0 Å². The number of alkyl halides is 3. The van der Waals surface area contributed by atoms with Crippen LogP contribution in [-0.4, -0.2) is 25.7 Å². The Hall–Kier alpha value is -2.32. The number of hydrogen-bond acceptors (Lipinski definition) is 3. The van der Waals surface area contributed by atoms with E-state index in [2.05, 4.69) is 4.98 Å². The number of nitrogens with one attached hydrogen (secondary N) is 1. The maximum absolute atomic E-state index is 12.3. The molecule has 2 rings (SSSR count). The van der Waals surface area contributed by atoms with Gasteiger partial charge < -0.3 is 5.11 Å². The molecule has 0 spiro atoms. The minimum Gasteiger partial charge on any atom is -0.477 e. The quantitative estimate of drug-likeness (QED) is 0.777. The van der Waals surface area contributed by atoms with Crippen molar-refractivity contribution in [3.8, 4) is 0 Å². The smallest absolute Gasteiger partial charge is 0.432 e. The van der Waals surface area contributed by atoms with Gasteiger partial charge in [-0.25, -0.2) is 14.3 Å². The van der Waals surface area contributed by atoms with Crippen LogP contribution < -0.4 is 5.56 Å². The molecular weight excluding hydrogens is 243 g/mol. The summed E-state index contributed by atoms with van der Waals surface area (Å²) in [5.74, 6) is -1.49.